The molecule has 4 nitrogen and oxygen atoms in total. The minimum atomic E-state index is -3.38. The van der Waals surface area contributed by atoms with Crippen molar-refractivity contribution in [3.63, 3.8) is 0 Å². The second-order valence-corrected chi connectivity index (χ2v) is 8.33. The molecule has 112 valence electrons. The summed E-state index contributed by atoms with van der Waals surface area (Å²) in [5.74, 6) is 0. The third-order valence-corrected chi connectivity index (χ3v) is 6.61. The van der Waals surface area contributed by atoms with Gasteiger partial charge in [0.15, 0.2) is 0 Å². The van der Waals surface area contributed by atoms with Gasteiger partial charge in [-0.25, -0.2) is 8.42 Å². The summed E-state index contributed by atoms with van der Waals surface area (Å²) in [4.78, 5) is 2.49. The number of aryl methyl sites for hydroxylation is 1. The van der Waals surface area contributed by atoms with Crippen molar-refractivity contribution in [3.05, 3.63) is 28.2 Å². The Kier molecular flexibility index (Phi) is 4.89. The fourth-order valence-electron chi connectivity index (χ4n) is 2.49. The molecule has 1 aliphatic heterocycles. The smallest absolute Gasteiger partial charge is 0.243 e. The first-order chi connectivity index (χ1) is 9.32. The summed E-state index contributed by atoms with van der Waals surface area (Å²) in [7, 11) is 0.627. The van der Waals surface area contributed by atoms with E-state index in [4.69, 9.17) is 0 Å². The molecule has 0 aromatic heterocycles. The molecule has 0 amide bonds. The first-order valence-electron chi connectivity index (χ1n) is 6.75. The molecule has 20 heavy (non-hydrogen) atoms. The van der Waals surface area contributed by atoms with E-state index in [0.717, 1.165) is 22.9 Å². The van der Waals surface area contributed by atoms with Gasteiger partial charge < -0.3 is 4.90 Å². The van der Waals surface area contributed by atoms with E-state index in [2.05, 4.69) is 20.8 Å². The van der Waals surface area contributed by atoms with E-state index in [-0.39, 0.29) is 0 Å². The van der Waals surface area contributed by atoms with Crippen molar-refractivity contribution in [2.75, 3.05) is 27.2 Å². The third kappa shape index (κ3) is 3.24. The van der Waals surface area contributed by atoms with Crippen molar-refractivity contribution in [3.8, 4) is 0 Å². The maximum absolute atomic E-state index is 12.7. The number of likely N-dealkylation sites (N-methyl/N-ethyl adjacent to an activating group) is 1. The largest absolute Gasteiger partial charge is 0.305 e. The summed E-state index contributed by atoms with van der Waals surface area (Å²) < 4.78 is 28.0. The lowest BCUT2D eigenvalue weighted by molar-refractivity contribution is 0.190. The predicted molar refractivity (Wildman–Crippen MR) is 84.3 cm³/mol. The molecule has 0 radical (unpaired) electrons. The molecule has 1 heterocycles. The third-order valence-electron chi connectivity index (χ3n) is 3.86. The van der Waals surface area contributed by atoms with Gasteiger partial charge in [-0.3, -0.25) is 0 Å². The highest BCUT2D eigenvalue weighted by Crippen LogP contribution is 2.25. The number of hydrogen-bond acceptors (Lipinski definition) is 3. The van der Waals surface area contributed by atoms with Crippen LogP contribution in [0.15, 0.2) is 27.6 Å². The van der Waals surface area contributed by atoms with Crippen LogP contribution in [0.2, 0.25) is 0 Å². The predicted octanol–water partition coefficient (Wildman–Crippen LogP) is 2.47. The molecule has 1 aromatic carbocycles. The Morgan fingerprint density at radius 1 is 1.35 bits per heavy atom. The molecular weight excluding hydrogens is 340 g/mol. The molecule has 1 aromatic rings. The van der Waals surface area contributed by atoms with Crippen LogP contribution in [0.5, 0.6) is 0 Å². The maximum atomic E-state index is 12.7. The van der Waals surface area contributed by atoms with Gasteiger partial charge in [0.25, 0.3) is 0 Å². The van der Waals surface area contributed by atoms with Crippen molar-refractivity contribution in [2.24, 2.45) is 0 Å². The molecule has 0 spiro atoms. The molecule has 1 atom stereocenters. The molecule has 1 unspecified atom stereocenters. The van der Waals surface area contributed by atoms with Gasteiger partial charge in [0.1, 0.15) is 0 Å². The zero-order valence-corrected chi connectivity index (χ0v) is 14.5. The van der Waals surface area contributed by atoms with Crippen LogP contribution >= 0.6 is 15.9 Å². The van der Waals surface area contributed by atoms with Crippen molar-refractivity contribution >= 4 is 26.0 Å². The minimum Gasteiger partial charge on any atom is -0.305 e. The molecule has 0 aliphatic carbocycles. The van der Waals surface area contributed by atoms with Crippen LogP contribution in [0.1, 0.15) is 18.4 Å². The summed E-state index contributed by atoms with van der Waals surface area (Å²) in [6, 6.07) is 5.51. The van der Waals surface area contributed by atoms with E-state index in [1.165, 1.54) is 0 Å². The first-order valence-corrected chi connectivity index (χ1v) is 8.98. The number of piperidine rings is 1. The number of nitrogens with zero attached hydrogens (tertiary/aromatic N) is 2. The van der Waals surface area contributed by atoms with Gasteiger partial charge in [-0.1, -0.05) is 15.9 Å². The van der Waals surface area contributed by atoms with Crippen molar-refractivity contribution < 1.29 is 8.42 Å². The number of benzene rings is 1. The van der Waals surface area contributed by atoms with Gasteiger partial charge in [-0.2, -0.15) is 4.31 Å². The van der Waals surface area contributed by atoms with E-state index in [1.807, 2.05) is 21.0 Å². The van der Waals surface area contributed by atoms with Crippen LogP contribution in [0.25, 0.3) is 0 Å². The van der Waals surface area contributed by atoms with Crippen LogP contribution in [0, 0.1) is 6.92 Å². The molecule has 0 saturated carbocycles. The second kappa shape index (κ2) is 6.13. The highest BCUT2D eigenvalue weighted by Gasteiger charge is 2.31. The average Bonchev–Trinajstić information content (AvgIpc) is 2.42. The molecule has 6 heteroatoms. The Morgan fingerprint density at radius 2 is 2.05 bits per heavy atom. The maximum Gasteiger partial charge on any atom is 0.243 e. The van der Waals surface area contributed by atoms with Gasteiger partial charge in [-0.05, 0) is 57.6 Å². The highest BCUT2D eigenvalue weighted by atomic mass is 79.9. The van der Waals surface area contributed by atoms with Gasteiger partial charge >= 0.3 is 0 Å². The van der Waals surface area contributed by atoms with E-state index in [1.54, 1.807) is 22.5 Å². The van der Waals surface area contributed by atoms with Crippen LogP contribution in [0.4, 0.5) is 0 Å². The van der Waals surface area contributed by atoms with Gasteiger partial charge in [-0.15, -0.1) is 0 Å². The number of rotatable bonds is 3. The SMILES string of the molecule is Cc1cc(S(=O)(=O)N2CCCC(N(C)C)C2)ccc1Br. The Bertz CT molecular complexity index is 587. The second-order valence-electron chi connectivity index (χ2n) is 5.53. The lowest BCUT2D eigenvalue weighted by Gasteiger charge is -2.35. The summed E-state index contributed by atoms with van der Waals surface area (Å²) in [6.45, 7) is 3.09. The van der Waals surface area contributed by atoms with Crippen molar-refractivity contribution in [1.29, 1.82) is 0 Å². The summed E-state index contributed by atoms with van der Waals surface area (Å²) >= 11 is 3.41. The Labute approximate surface area is 129 Å². The Balaban J connectivity index is 2.27. The topological polar surface area (TPSA) is 40.6 Å². The van der Waals surface area contributed by atoms with Crippen LogP contribution < -0.4 is 0 Å². The van der Waals surface area contributed by atoms with Gasteiger partial charge in [0, 0.05) is 23.6 Å². The lowest BCUT2D eigenvalue weighted by Crippen LogP contribution is -2.47. The molecule has 0 bridgehead atoms. The monoisotopic (exact) mass is 360 g/mol. The van der Waals surface area contributed by atoms with E-state index in [0.29, 0.717) is 24.0 Å². The van der Waals surface area contributed by atoms with Crippen LogP contribution in [-0.2, 0) is 10.0 Å². The molecule has 1 saturated heterocycles. The number of sulfonamides is 1. The van der Waals surface area contributed by atoms with E-state index < -0.39 is 10.0 Å². The average molecular weight is 361 g/mol. The molecular formula is C14H21BrN2O2S. The molecule has 1 fully saturated rings. The Morgan fingerprint density at radius 3 is 2.65 bits per heavy atom. The highest BCUT2D eigenvalue weighted by molar-refractivity contribution is 9.10. The van der Waals surface area contributed by atoms with E-state index >= 15 is 0 Å². The quantitative estimate of drug-likeness (QED) is 0.831. The molecule has 0 N–H and O–H groups in total. The Hall–Kier alpha value is -0.430. The zero-order valence-electron chi connectivity index (χ0n) is 12.1. The standard InChI is InChI=1S/C14H21BrN2O2S/c1-11-9-13(6-7-14(11)15)20(18,19)17-8-4-5-12(10-17)16(2)3/h6-7,9,12H,4-5,8,10H2,1-3H3. The summed E-state index contributed by atoms with van der Waals surface area (Å²) in [5.41, 5.74) is 0.937. The van der Waals surface area contributed by atoms with Crippen LogP contribution in [-0.4, -0.2) is 50.8 Å². The molecule has 2 rings (SSSR count). The normalized spacial score (nSPS) is 21.4. The van der Waals surface area contributed by atoms with Gasteiger partial charge in [0.05, 0.1) is 4.90 Å². The van der Waals surface area contributed by atoms with Crippen molar-refractivity contribution in [2.45, 2.75) is 30.7 Å². The number of halogens is 1. The summed E-state index contributed by atoms with van der Waals surface area (Å²) in [5, 5.41) is 0. The minimum absolute atomic E-state index is 0.301. The lowest BCUT2D eigenvalue weighted by atomic mass is 10.1. The van der Waals surface area contributed by atoms with Gasteiger partial charge in [0.2, 0.25) is 10.0 Å². The van der Waals surface area contributed by atoms with Crippen LogP contribution in [0.3, 0.4) is 0 Å². The zero-order chi connectivity index (χ0) is 14.9. The fourth-order valence-corrected chi connectivity index (χ4v) is 4.34. The summed E-state index contributed by atoms with van der Waals surface area (Å²) in [6.07, 6.45) is 1.97. The molecule has 1 aliphatic rings. The first kappa shape index (κ1) is 15.9. The fraction of sp³-hybridized carbons (Fsp3) is 0.571. The van der Waals surface area contributed by atoms with E-state index in [9.17, 15) is 8.42 Å². The number of hydrogen-bond donors (Lipinski definition) is 0. The van der Waals surface area contributed by atoms with Crippen molar-refractivity contribution in [1.82, 2.24) is 9.21 Å².